The van der Waals surface area contributed by atoms with Crippen molar-refractivity contribution in [3.8, 4) is 17.1 Å². The van der Waals surface area contributed by atoms with Crippen molar-refractivity contribution in [3.63, 3.8) is 0 Å². The second-order valence-electron chi connectivity index (χ2n) is 7.44. The van der Waals surface area contributed by atoms with Crippen molar-refractivity contribution in [2.24, 2.45) is 12.8 Å². The number of carbonyl (C=O) groups excluding carboxylic acids is 1. The summed E-state index contributed by atoms with van der Waals surface area (Å²) in [6.45, 7) is 3.44. The highest BCUT2D eigenvalue weighted by Crippen LogP contribution is 2.39. The van der Waals surface area contributed by atoms with Crippen molar-refractivity contribution < 1.29 is 22.7 Å². The lowest BCUT2D eigenvalue weighted by molar-refractivity contribution is -0.137. The number of thioether (sulfide) groups is 1. The molecule has 3 aromatic rings. The van der Waals surface area contributed by atoms with Gasteiger partial charge in [0.05, 0.1) is 10.0 Å². The van der Waals surface area contributed by atoms with E-state index in [1.807, 2.05) is 0 Å². The van der Waals surface area contributed by atoms with Crippen molar-refractivity contribution in [3.05, 3.63) is 57.8 Å². The molecule has 6 nitrogen and oxygen atoms in total. The predicted octanol–water partition coefficient (Wildman–Crippen LogP) is 5.40. The summed E-state index contributed by atoms with van der Waals surface area (Å²) in [4.78, 5) is 11.8. The van der Waals surface area contributed by atoms with Crippen LogP contribution in [0.25, 0.3) is 11.4 Å². The minimum Gasteiger partial charge on any atom is -0.479 e. The van der Waals surface area contributed by atoms with E-state index in [-0.39, 0.29) is 11.4 Å². The summed E-state index contributed by atoms with van der Waals surface area (Å²) in [5.74, 6) is 0.215. The number of halogens is 4. The Hall–Kier alpha value is -2.53. The molecule has 1 aromatic heterocycles. The molecule has 0 aliphatic heterocycles. The van der Waals surface area contributed by atoms with Crippen LogP contribution in [0.15, 0.2) is 45.8 Å². The quantitative estimate of drug-likeness (QED) is 0.433. The number of hydrogen-bond acceptors (Lipinski definition) is 5. The molecule has 2 aromatic carbocycles. The third-order valence-electron chi connectivity index (χ3n) is 4.77. The molecule has 1 heterocycles. The maximum Gasteiger partial charge on any atom is 0.417 e. The van der Waals surface area contributed by atoms with Gasteiger partial charge in [0.1, 0.15) is 5.75 Å². The van der Waals surface area contributed by atoms with Gasteiger partial charge in [-0.2, -0.15) is 13.2 Å². The number of nitrogens with two attached hydrogens (primary N) is 1. The Morgan fingerprint density at radius 3 is 2.41 bits per heavy atom. The fourth-order valence-corrected chi connectivity index (χ4v) is 4.12. The zero-order chi connectivity index (χ0) is 23.8. The van der Waals surface area contributed by atoms with Crippen LogP contribution in [0.2, 0.25) is 0 Å². The lowest BCUT2D eigenvalue weighted by atomic mass is 10.1. The molecule has 0 spiro atoms. The first-order valence-corrected chi connectivity index (χ1v) is 11.3. The number of nitrogens with zero attached hydrogens (tertiary/aromatic N) is 3. The average Bonchev–Trinajstić information content (AvgIpc) is 3.10. The first-order valence-electron chi connectivity index (χ1n) is 9.29. The average molecular weight is 529 g/mol. The van der Waals surface area contributed by atoms with Crippen molar-refractivity contribution in [1.29, 1.82) is 0 Å². The Bertz CT molecular complexity index is 1180. The summed E-state index contributed by atoms with van der Waals surface area (Å²) >= 11 is 4.57. The van der Waals surface area contributed by atoms with E-state index in [0.717, 1.165) is 6.07 Å². The zero-order valence-electron chi connectivity index (χ0n) is 17.6. The Labute approximate surface area is 195 Å². The third-order valence-corrected chi connectivity index (χ3v) is 6.11. The van der Waals surface area contributed by atoms with Gasteiger partial charge in [-0.05, 0) is 72.4 Å². The minimum absolute atomic E-state index is 0.0693. The van der Waals surface area contributed by atoms with Crippen LogP contribution in [0.1, 0.15) is 35.6 Å². The molecule has 32 heavy (non-hydrogen) atoms. The van der Waals surface area contributed by atoms with Crippen molar-refractivity contribution in [1.82, 2.24) is 14.8 Å². The number of benzene rings is 2. The minimum atomic E-state index is -4.55. The van der Waals surface area contributed by atoms with E-state index in [0.29, 0.717) is 26.5 Å². The summed E-state index contributed by atoms with van der Waals surface area (Å²) in [5.41, 5.74) is 3.67. The van der Waals surface area contributed by atoms with Gasteiger partial charge in [0.2, 0.25) is 5.91 Å². The van der Waals surface area contributed by atoms with Crippen LogP contribution in [0.4, 0.5) is 13.2 Å². The summed E-state index contributed by atoms with van der Waals surface area (Å²) in [6.07, 6.45) is -2.84. The van der Waals surface area contributed by atoms with E-state index in [9.17, 15) is 18.0 Å². The van der Waals surface area contributed by atoms with Gasteiger partial charge >= 0.3 is 6.18 Å². The molecule has 11 heteroatoms. The van der Waals surface area contributed by atoms with Crippen LogP contribution >= 0.6 is 27.7 Å². The van der Waals surface area contributed by atoms with Crippen LogP contribution in [0.3, 0.4) is 0 Å². The molecule has 2 N–H and O–H groups in total. The number of alkyl halides is 3. The molecule has 0 saturated carbocycles. The van der Waals surface area contributed by atoms with E-state index in [1.54, 1.807) is 39.3 Å². The van der Waals surface area contributed by atoms with Crippen LogP contribution in [0.5, 0.6) is 5.75 Å². The number of aromatic nitrogens is 3. The molecule has 0 atom stereocenters. The fraction of sp³-hybridized carbons (Fsp3) is 0.286. The van der Waals surface area contributed by atoms with Gasteiger partial charge in [-0.1, -0.05) is 0 Å². The van der Waals surface area contributed by atoms with Gasteiger partial charge in [-0.3, -0.25) is 4.79 Å². The highest BCUT2D eigenvalue weighted by Gasteiger charge is 2.37. The SMILES string of the molecule is CSc1ccc(-c2nnc(C(C)(C)Oc3ccc(C(N)=O)cc3Br)n2C)c(C(F)(F)F)c1. The van der Waals surface area contributed by atoms with Gasteiger partial charge in [0, 0.05) is 23.1 Å². The van der Waals surface area contributed by atoms with Crippen LogP contribution < -0.4 is 10.5 Å². The number of rotatable bonds is 6. The normalized spacial score (nSPS) is 12.1. The fourth-order valence-electron chi connectivity index (χ4n) is 3.23. The molecule has 3 rings (SSSR count). The maximum absolute atomic E-state index is 13.7. The molecule has 170 valence electrons. The van der Waals surface area contributed by atoms with Gasteiger partial charge in [0.25, 0.3) is 0 Å². The van der Waals surface area contributed by atoms with E-state index >= 15 is 0 Å². The van der Waals surface area contributed by atoms with Crippen LogP contribution in [-0.2, 0) is 18.8 Å². The Morgan fingerprint density at radius 1 is 1.16 bits per heavy atom. The number of primary amides is 1. The highest BCUT2D eigenvalue weighted by molar-refractivity contribution is 9.10. The molecular formula is C21H20BrF3N4O2S. The predicted molar refractivity (Wildman–Crippen MR) is 120 cm³/mol. The Kier molecular flexibility index (Phi) is 6.62. The van der Waals surface area contributed by atoms with E-state index in [2.05, 4.69) is 26.1 Å². The Morgan fingerprint density at radius 2 is 1.84 bits per heavy atom. The number of amides is 1. The van der Waals surface area contributed by atoms with E-state index in [4.69, 9.17) is 10.5 Å². The molecule has 0 unspecified atom stereocenters. The van der Waals surface area contributed by atoms with Crippen molar-refractivity contribution in [2.45, 2.75) is 30.5 Å². The smallest absolute Gasteiger partial charge is 0.417 e. The van der Waals surface area contributed by atoms with Gasteiger partial charge in [-0.25, -0.2) is 0 Å². The monoisotopic (exact) mass is 528 g/mol. The summed E-state index contributed by atoms with van der Waals surface area (Å²) in [5, 5.41) is 8.16. The standard InChI is InChI=1S/C21H20BrF3N4O2S/c1-20(2,31-16-8-5-11(17(26)30)9-15(16)22)19-28-27-18(29(19)3)13-7-6-12(32-4)10-14(13)21(23,24)25/h5-10H,1-4H3,(H2,26,30). The van der Waals surface area contributed by atoms with E-state index < -0.39 is 23.2 Å². The molecule has 1 amide bonds. The summed E-state index contributed by atoms with van der Waals surface area (Å²) in [7, 11) is 1.59. The van der Waals surface area contributed by atoms with Gasteiger partial charge in [-0.15, -0.1) is 22.0 Å². The second kappa shape index (κ2) is 8.78. The van der Waals surface area contributed by atoms with Crippen LogP contribution in [0, 0.1) is 0 Å². The van der Waals surface area contributed by atoms with Crippen LogP contribution in [-0.4, -0.2) is 26.9 Å². The lowest BCUT2D eigenvalue weighted by Crippen LogP contribution is -2.29. The molecule has 0 fully saturated rings. The lowest BCUT2D eigenvalue weighted by Gasteiger charge is -2.26. The number of carbonyl (C=O) groups is 1. The number of ether oxygens (including phenoxy) is 1. The topological polar surface area (TPSA) is 83.0 Å². The molecule has 0 radical (unpaired) electrons. The summed E-state index contributed by atoms with van der Waals surface area (Å²) < 4.78 is 49.2. The molecular weight excluding hydrogens is 509 g/mol. The van der Waals surface area contributed by atoms with E-state index in [1.165, 1.54) is 34.5 Å². The first-order chi connectivity index (χ1) is 14.8. The second-order valence-corrected chi connectivity index (χ2v) is 9.17. The van der Waals surface area contributed by atoms with Gasteiger partial charge < -0.3 is 15.0 Å². The maximum atomic E-state index is 13.7. The third kappa shape index (κ3) is 4.78. The molecule has 0 aliphatic rings. The van der Waals surface area contributed by atoms with Gasteiger partial charge in [0.15, 0.2) is 17.2 Å². The largest absolute Gasteiger partial charge is 0.479 e. The zero-order valence-corrected chi connectivity index (χ0v) is 20.0. The molecule has 0 bridgehead atoms. The molecule has 0 saturated heterocycles. The highest BCUT2D eigenvalue weighted by atomic mass is 79.9. The van der Waals surface area contributed by atoms with Crippen molar-refractivity contribution in [2.75, 3.05) is 6.26 Å². The number of hydrogen-bond donors (Lipinski definition) is 1. The Balaban J connectivity index is 2.01. The molecule has 0 aliphatic carbocycles. The van der Waals surface area contributed by atoms with Crippen molar-refractivity contribution >= 4 is 33.6 Å². The summed E-state index contributed by atoms with van der Waals surface area (Å²) in [6, 6.07) is 8.74. The first kappa shape index (κ1) is 24.1.